The van der Waals surface area contributed by atoms with Crippen LogP contribution in [0.1, 0.15) is 29.8 Å². The van der Waals surface area contributed by atoms with Crippen LogP contribution in [0.2, 0.25) is 0 Å². The van der Waals surface area contributed by atoms with Crippen molar-refractivity contribution in [1.29, 1.82) is 0 Å². The highest BCUT2D eigenvalue weighted by atomic mass is 16.6. The van der Waals surface area contributed by atoms with Gasteiger partial charge in [0.05, 0.1) is 26.4 Å². The van der Waals surface area contributed by atoms with Gasteiger partial charge in [0.2, 0.25) is 5.78 Å². The molecule has 0 aliphatic carbocycles. The van der Waals surface area contributed by atoms with E-state index in [2.05, 4.69) is 4.74 Å². The van der Waals surface area contributed by atoms with E-state index in [1.807, 2.05) is 6.92 Å². The van der Waals surface area contributed by atoms with Gasteiger partial charge in [-0.3, -0.25) is 4.79 Å². The van der Waals surface area contributed by atoms with Crippen molar-refractivity contribution in [3.8, 4) is 23.0 Å². The largest absolute Gasteiger partial charge is 0.494 e. The average molecular weight is 398 g/mol. The van der Waals surface area contributed by atoms with Crippen molar-refractivity contribution < 1.29 is 33.3 Å². The number of carbonyl (C=O) groups is 2. The van der Waals surface area contributed by atoms with E-state index in [-0.39, 0.29) is 11.5 Å². The molecule has 0 N–H and O–H groups in total. The monoisotopic (exact) mass is 398 g/mol. The topological polar surface area (TPSA) is 80.3 Å². The molecule has 0 bridgehead atoms. The number of hydrogen-bond acceptors (Lipinski definition) is 7. The summed E-state index contributed by atoms with van der Waals surface area (Å²) in [6, 6.07) is 10.2. The Kier molecular flexibility index (Phi) is 6.07. The van der Waals surface area contributed by atoms with Crippen LogP contribution >= 0.6 is 0 Å². The van der Waals surface area contributed by atoms with E-state index < -0.39 is 12.1 Å². The number of esters is 1. The van der Waals surface area contributed by atoms with Gasteiger partial charge >= 0.3 is 5.97 Å². The summed E-state index contributed by atoms with van der Waals surface area (Å²) >= 11 is 0. The highest BCUT2D eigenvalue weighted by molar-refractivity contribution is 6.14. The van der Waals surface area contributed by atoms with Gasteiger partial charge < -0.3 is 23.7 Å². The predicted molar refractivity (Wildman–Crippen MR) is 106 cm³/mol. The number of ketones is 1. The zero-order valence-corrected chi connectivity index (χ0v) is 16.7. The van der Waals surface area contributed by atoms with Gasteiger partial charge in [-0.2, -0.15) is 0 Å². The minimum atomic E-state index is -0.785. The second-order valence-electron chi connectivity index (χ2n) is 6.22. The summed E-state index contributed by atoms with van der Waals surface area (Å²) in [4.78, 5) is 24.2. The number of rotatable bonds is 7. The van der Waals surface area contributed by atoms with Crippen LogP contribution in [0.5, 0.6) is 23.0 Å². The molecule has 29 heavy (non-hydrogen) atoms. The lowest BCUT2D eigenvalue weighted by atomic mass is 10.1. The normalized spacial score (nSPS) is 14.8. The summed E-state index contributed by atoms with van der Waals surface area (Å²) < 4.78 is 26.8. The van der Waals surface area contributed by atoms with Gasteiger partial charge in [0.1, 0.15) is 11.5 Å². The molecule has 0 radical (unpaired) electrons. The first-order chi connectivity index (χ1) is 14.0. The zero-order valence-electron chi connectivity index (χ0n) is 16.7. The summed E-state index contributed by atoms with van der Waals surface area (Å²) in [5, 5.41) is 0. The van der Waals surface area contributed by atoms with Gasteiger partial charge in [-0.25, -0.2) is 4.79 Å². The minimum absolute atomic E-state index is 0.201. The van der Waals surface area contributed by atoms with E-state index in [9.17, 15) is 9.59 Å². The van der Waals surface area contributed by atoms with Crippen LogP contribution in [0, 0.1) is 0 Å². The first-order valence-corrected chi connectivity index (χ1v) is 9.10. The van der Waals surface area contributed by atoms with Gasteiger partial charge in [-0.1, -0.05) is 6.07 Å². The predicted octanol–water partition coefficient (Wildman–Crippen LogP) is 3.65. The molecule has 1 aliphatic rings. The molecule has 1 heterocycles. The lowest BCUT2D eigenvalue weighted by Crippen LogP contribution is -2.25. The molecule has 0 saturated carbocycles. The second-order valence-corrected chi connectivity index (χ2v) is 6.22. The molecule has 0 amide bonds. The molecule has 152 valence electrons. The first kappa shape index (κ1) is 20.3. The molecule has 2 aromatic rings. The van der Waals surface area contributed by atoms with Crippen LogP contribution in [-0.4, -0.2) is 38.7 Å². The molecule has 3 rings (SSSR count). The molecular weight excluding hydrogens is 376 g/mol. The van der Waals surface area contributed by atoms with Crippen molar-refractivity contribution >= 4 is 17.8 Å². The summed E-state index contributed by atoms with van der Waals surface area (Å²) in [5.74, 6) is 1.41. The molecule has 7 heteroatoms. The number of Topliss-reactive ketones (excluding diaryl/α,β-unsaturated/α-hetero) is 1. The highest BCUT2D eigenvalue weighted by Gasteiger charge is 2.28. The average Bonchev–Trinajstić information content (AvgIpc) is 3.03. The third kappa shape index (κ3) is 4.34. The molecule has 2 aromatic carbocycles. The molecular formula is C22H22O7. The molecule has 0 aromatic heterocycles. The summed E-state index contributed by atoms with van der Waals surface area (Å²) in [6.07, 6.45) is 0.838. The van der Waals surface area contributed by atoms with Gasteiger partial charge in [-0.05, 0) is 49.8 Å². The van der Waals surface area contributed by atoms with E-state index in [1.165, 1.54) is 14.2 Å². The Bertz CT molecular complexity index is 962. The Morgan fingerprint density at radius 2 is 1.93 bits per heavy atom. The molecule has 0 spiro atoms. The number of benzene rings is 2. The Balaban J connectivity index is 1.83. The van der Waals surface area contributed by atoms with E-state index in [0.29, 0.717) is 40.7 Å². The molecule has 0 unspecified atom stereocenters. The van der Waals surface area contributed by atoms with Crippen LogP contribution in [0.25, 0.3) is 6.08 Å². The second kappa shape index (κ2) is 8.68. The van der Waals surface area contributed by atoms with Crippen molar-refractivity contribution in [3.63, 3.8) is 0 Å². The number of hydrogen-bond donors (Lipinski definition) is 0. The quantitative estimate of drug-likeness (QED) is 0.520. The van der Waals surface area contributed by atoms with Crippen LogP contribution < -0.4 is 18.9 Å². The fraction of sp³-hybridized carbons (Fsp3) is 0.273. The van der Waals surface area contributed by atoms with Crippen LogP contribution in [0.3, 0.4) is 0 Å². The van der Waals surface area contributed by atoms with Crippen molar-refractivity contribution in [2.45, 2.75) is 20.0 Å². The fourth-order valence-electron chi connectivity index (χ4n) is 2.85. The first-order valence-electron chi connectivity index (χ1n) is 9.10. The van der Waals surface area contributed by atoms with Crippen molar-refractivity contribution in [1.82, 2.24) is 0 Å². The number of methoxy groups -OCH3 is 2. The number of fused-ring (bicyclic) bond motifs is 1. The number of ether oxygens (including phenoxy) is 5. The smallest absolute Gasteiger partial charge is 0.346 e. The summed E-state index contributed by atoms with van der Waals surface area (Å²) in [7, 11) is 2.78. The number of allylic oxidation sites excluding steroid dienone is 1. The van der Waals surface area contributed by atoms with Crippen molar-refractivity contribution in [2.75, 3.05) is 20.8 Å². The standard InChI is InChI=1S/C22H22O7/c1-5-27-15-7-8-16-18(12-15)29-20(21(16)23)11-14-6-9-17(19(10-14)25-3)28-13(2)22(24)26-4/h6-13H,5H2,1-4H3/t13-/m0/s1. The maximum absolute atomic E-state index is 12.6. The van der Waals surface area contributed by atoms with Gasteiger partial charge in [0.15, 0.2) is 23.4 Å². The number of carbonyl (C=O) groups excluding carboxylic acids is 2. The van der Waals surface area contributed by atoms with Crippen molar-refractivity contribution in [3.05, 3.63) is 53.3 Å². The zero-order chi connectivity index (χ0) is 21.0. The molecule has 0 fully saturated rings. The molecule has 0 saturated heterocycles. The third-order valence-corrected chi connectivity index (χ3v) is 4.27. The maximum atomic E-state index is 12.6. The van der Waals surface area contributed by atoms with Crippen LogP contribution in [-0.2, 0) is 9.53 Å². The SMILES string of the molecule is CCOc1ccc2c(c1)OC(=Cc1ccc(O[C@@H](C)C(=O)OC)c(OC)c1)C2=O. The Morgan fingerprint density at radius 1 is 1.14 bits per heavy atom. The van der Waals surface area contributed by atoms with Gasteiger partial charge in [-0.15, -0.1) is 0 Å². The van der Waals surface area contributed by atoms with Crippen LogP contribution in [0.15, 0.2) is 42.2 Å². The fourth-order valence-corrected chi connectivity index (χ4v) is 2.85. The third-order valence-electron chi connectivity index (χ3n) is 4.27. The summed E-state index contributed by atoms with van der Waals surface area (Å²) in [5.41, 5.74) is 1.17. The van der Waals surface area contributed by atoms with E-state index in [1.54, 1.807) is 49.4 Å². The minimum Gasteiger partial charge on any atom is -0.494 e. The van der Waals surface area contributed by atoms with Gasteiger partial charge in [0.25, 0.3) is 0 Å². The highest BCUT2D eigenvalue weighted by Crippen LogP contribution is 2.36. The lowest BCUT2D eigenvalue weighted by molar-refractivity contribution is -0.147. The van der Waals surface area contributed by atoms with E-state index >= 15 is 0 Å². The Hall–Kier alpha value is -3.48. The van der Waals surface area contributed by atoms with E-state index in [0.717, 1.165) is 0 Å². The van der Waals surface area contributed by atoms with Crippen molar-refractivity contribution in [2.24, 2.45) is 0 Å². The van der Waals surface area contributed by atoms with Gasteiger partial charge in [0, 0.05) is 6.07 Å². The summed E-state index contributed by atoms with van der Waals surface area (Å²) in [6.45, 7) is 4.00. The van der Waals surface area contributed by atoms with E-state index in [4.69, 9.17) is 18.9 Å². The maximum Gasteiger partial charge on any atom is 0.346 e. The lowest BCUT2D eigenvalue weighted by Gasteiger charge is -2.15. The van der Waals surface area contributed by atoms with Crippen LogP contribution in [0.4, 0.5) is 0 Å². The Morgan fingerprint density at radius 3 is 2.62 bits per heavy atom. The molecule has 7 nitrogen and oxygen atoms in total. The molecule has 1 atom stereocenters. The Labute approximate surface area is 168 Å². The molecule has 1 aliphatic heterocycles.